The lowest BCUT2D eigenvalue weighted by atomic mass is 10.1. The number of alkyl halides is 3. The normalized spacial score (nSPS) is 11.0. The van der Waals surface area contributed by atoms with Gasteiger partial charge in [0.1, 0.15) is 12.4 Å². The number of hydrogen-bond acceptors (Lipinski definition) is 4. The second-order valence-electron chi connectivity index (χ2n) is 6.87. The minimum atomic E-state index is -4.42. The Morgan fingerprint density at radius 1 is 1.18 bits per heavy atom. The monoisotopic (exact) mass is 471 g/mol. The van der Waals surface area contributed by atoms with E-state index >= 15 is 0 Å². The van der Waals surface area contributed by atoms with Gasteiger partial charge in [0, 0.05) is 11.6 Å². The largest absolute Gasteiger partial charge is 0.487 e. The highest BCUT2D eigenvalue weighted by molar-refractivity contribution is 5.88. The van der Waals surface area contributed by atoms with Crippen molar-refractivity contribution in [3.05, 3.63) is 84.3 Å². The van der Waals surface area contributed by atoms with Gasteiger partial charge in [0.05, 0.1) is 34.7 Å². The summed E-state index contributed by atoms with van der Waals surface area (Å²) in [6.45, 7) is 7.81. The third kappa shape index (κ3) is 5.64. The summed E-state index contributed by atoms with van der Waals surface area (Å²) >= 11 is 0. The molecule has 1 amide bonds. The van der Waals surface area contributed by atoms with Crippen LogP contribution in [-0.2, 0) is 24.1 Å². The molecule has 0 spiro atoms. The maximum Gasteiger partial charge on any atom is 0.416 e. The topological polar surface area (TPSA) is 84.8 Å². The Morgan fingerprint density at radius 3 is 2.53 bits per heavy atom. The van der Waals surface area contributed by atoms with Crippen molar-refractivity contribution in [3.63, 3.8) is 0 Å². The van der Waals surface area contributed by atoms with Crippen LogP contribution in [0.4, 0.5) is 13.2 Å². The number of nitrogens with zero attached hydrogens (tertiary/aromatic N) is 3. The fraction of sp³-hybridized carbons (Fsp3) is 0.208. The molecule has 2 aromatic heterocycles. The van der Waals surface area contributed by atoms with Crippen LogP contribution in [0.25, 0.3) is 16.6 Å². The fourth-order valence-electron chi connectivity index (χ4n) is 3.14. The third-order valence-electron chi connectivity index (χ3n) is 4.74. The fourth-order valence-corrected chi connectivity index (χ4v) is 3.14. The van der Waals surface area contributed by atoms with E-state index in [2.05, 4.69) is 27.2 Å². The van der Waals surface area contributed by atoms with Crippen LogP contribution in [-0.4, -0.2) is 25.9 Å². The van der Waals surface area contributed by atoms with Gasteiger partial charge in [0.25, 0.3) is 0 Å². The van der Waals surface area contributed by atoms with Crippen LogP contribution in [0, 0.1) is 0 Å². The number of aromatic amines is 1. The van der Waals surface area contributed by atoms with Gasteiger partial charge in [-0.1, -0.05) is 20.4 Å². The number of hydrogen-bond donors (Lipinski definition) is 2. The van der Waals surface area contributed by atoms with Crippen LogP contribution in [0.15, 0.2) is 67.4 Å². The Hall–Kier alpha value is -4.08. The number of carbonyl (C=O) groups is 1. The van der Waals surface area contributed by atoms with Crippen LogP contribution in [0.2, 0.25) is 0 Å². The average molecular weight is 471 g/mol. The van der Waals surface area contributed by atoms with E-state index in [1.165, 1.54) is 16.8 Å². The van der Waals surface area contributed by atoms with Crippen molar-refractivity contribution in [2.24, 2.45) is 0 Å². The van der Waals surface area contributed by atoms with Gasteiger partial charge in [-0.05, 0) is 54.6 Å². The van der Waals surface area contributed by atoms with Gasteiger partial charge in [0.2, 0.25) is 5.91 Å². The maximum absolute atomic E-state index is 12.9. The van der Waals surface area contributed by atoms with Crippen molar-refractivity contribution in [3.8, 4) is 11.4 Å². The van der Waals surface area contributed by atoms with Crippen molar-refractivity contribution in [2.45, 2.75) is 33.2 Å². The molecule has 0 bridgehead atoms. The van der Waals surface area contributed by atoms with Gasteiger partial charge in [-0.25, -0.2) is 4.68 Å². The zero-order valence-corrected chi connectivity index (χ0v) is 18.7. The summed E-state index contributed by atoms with van der Waals surface area (Å²) in [5.74, 6) is 0.198. The molecule has 34 heavy (non-hydrogen) atoms. The summed E-state index contributed by atoms with van der Waals surface area (Å²) in [7, 11) is 0. The number of rotatable bonds is 7. The van der Waals surface area contributed by atoms with E-state index in [9.17, 15) is 18.0 Å². The summed E-state index contributed by atoms with van der Waals surface area (Å²) in [6, 6.07) is 11.8. The molecule has 7 nitrogen and oxygen atoms in total. The van der Waals surface area contributed by atoms with Gasteiger partial charge >= 0.3 is 6.18 Å². The number of ether oxygens (including phenoxy) is 1. The molecule has 2 N–H and O–H groups in total. The molecular formula is C24H24F3N5O2. The number of carbonyl (C=O) groups excluding carboxylic acids is 1. The molecule has 4 aromatic rings. The second-order valence-corrected chi connectivity index (χ2v) is 6.87. The minimum Gasteiger partial charge on any atom is -0.487 e. The molecule has 0 unspecified atom stereocenters. The van der Waals surface area contributed by atoms with Gasteiger partial charge in [-0.3, -0.25) is 9.89 Å². The first-order valence-electron chi connectivity index (χ1n) is 10.6. The Morgan fingerprint density at radius 2 is 1.91 bits per heavy atom. The van der Waals surface area contributed by atoms with Crippen LogP contribution < -0.4 is 10.1 Å². The van der Waals surface area contributed by atoms with Crippen molar-refractivity contribution in [2.75, 3.05) is 0 Å². The molecule has 0 aliphatic rings. The molecule has 0 saturated heterocycles. The lowest BCUT2D eigenvalue weighted by Gasteiger charge is -2.09. The smallest absolute Gasteiger partial charge is 0.416 e. The predicted molar refractivity (Wildman–Crippen MR) is 122 cm³/mol. The molecule has 0 atom stereocenters. The van der Waals surface area contributed by atoms with E-state index in [-0.39, 0.29) is 19.1 Å². The maximum atomic E-state index is 12.9. The quantitative estimate of drug-likeness (QED) is 0.364. The van der Waals surface area contributed by atoms with Gasteiger partial charge in [-0.2, -0.15) is 23.4 Å². The van der Waals surface area contributed by atoms with E-state index in [0.717, 1.165) is 23.9 Å². The highest BCUT2D eigenvalue weighted by Crippen LogP contribution is 2.31. The number of fused-ring (bicyclic) bond motifs is 1. The summed E-state index contributed by atoms with van der Waals surface area (Å²) in [5.41, 5.74) is 1.69. The van der Waals surface area contributed by atoms with Crippen molar-refractivity contribution >= 4 is 16.8 Å². The van der Waals surface area contributed by atoms with E-state index < -0.39 is 11.7 Å². The van der Waals surface area contributed by atoms with Crippen molar-refractivity contribution in [1.29, 1.82) is 0 Å². The highest BCUT2D eigenvalue weighted by Gasteiger charge is 2.30. The zero-order valence-electron chi connectivity index (χ0n) is 18.7. The molecule has 2 heterocycles. The van der Waals surface area contributed by atoms with Crippen LogP contribution in [0.5, 0.6) is 5.75 Å². The van der Waals surface area contributed by atoms with Crippen LogP contribution in [0.3, 0.4) is 0 Å². The van der Waals surface area contributed by atoms with E-state index in [0.29, 0.717) is 28.0 Å². The van der Waals surface area contributed by atoms with E-state index in [1.807, 2.05) is 13.8 Å². The Kier molecular flexibility index (Phi) is 7.72. The molecule has 178 valence electrons. The SMILES string of the molecule is C=CC(=O)NCc1nn(-c2ccc(C(F)(F)F)cc2)c2ccc(OCc3ccn[nH]3)cc12.CC. The number of aromatic nitrogens is 4. The molecule has 0 fully saturated rings. The summed E-state index contributed by atoms with van der Waals surface area (Å²) in [5, 5.41) is 14.6. The second kappa shape index (κ2) is 10.7. The number of H-pyrrole nitrogens is 1. The molecule has 2 aromatic carbocycles. The molecular weight excluding hydrogens is 447 g/mol. The summed E-state index contributed by atoms with van der Waals surface area (Å²) in [4.78, 5) is 11.6. The molecule has 4 rings (SSSR count). The number of nitrogens with one attached hydrogen (secondary N) is 2. The third-order valence-corrected chi connectivity index (χ3v) is 4.74. The number of amides is 1. The van der Waals surface area contributed by atoms with E-state index in [1.54, 1.807) is 30.5 Å². The van der Waals surface area contributed by atoms with Gasteiger partial charge in [0.15, 0.2) is 0 Å². The first-order valence-corrected chi connectivity index (χ1v) is 10.6. The molecule has 0 aliphatic carbocycles. The first-order chi connectivity index (χ1) is 16.3. The Labute approximate surface area is 194 Å². The average Bonchev–Trinajstić information content (AvgIpc) is 3.50. The first kappa shape index (κ1) is 24.6. The predicted octanol–water partition coefficient (Wildman–Crippen LogP) is 5.17. The van der Waals surface area contributed by atoms with Crippen molar-refractivity contribution in [1.82, 2.24) is 25.3 Å². The summed E-state index contributed by atoms with van der Waals surface area (Å²) in [6.07, 6.45) is -1.66. The van der Waals surface area contributed by atoms with Crippen LogP contribution in [0.1, 0.15) is 30.8 Å². The van der Waals surface area contributed by atoms with Crippen LogP contribution >= 0.6 is 0 Å². The lowest BCUT2D eigenvalue weighted by Crippen LogP contribution is -2.20. The number of benzene rings is 2. The minimum absolute atomic E-state index is 0.110. The Balaban J connectivity index is 0.00000158. The molecule has 0 radical (unpaired) electrons. The standard InChI is InChI=1S/C22H18F3N5O2.C2H6/c1-2-21(31)26-12-19-18-11-17(32-13-15-9-10-27-28-15)7-8-20(18)30(29-19)16-5-3-14(4-6-16)22(23,24)25;1-2/h2-11H,1,12-13H2,(H,26,31)(H,27,28);1-2H3. The molecule has 10 heteroatoms. The molecule has 0 saturated carbocycles. The molecule has 0 aliphatic heterocycles. The van der Waals surface area contributed by atoms with Gasteiger partial charge in [-0.15, -0.1) is 0 Å². The van der Waals surface area contributed by atoms with Crippen molar-refractivity contribution < 1.29 is 22.7 Å². The Bertz CT molecular complexity index is 1250. The highest BCUT2D eigenvalue weighted by atomic mass is 19.4. The zero-order chi connectivity index (χ0) is 24.7. The van der Waals surface area contributed by atoms with E-state index in [4.69, 9.17) is 4.74 Å². The van der Waals surface area contributed by atoms with Gasteiger partial charge < -0.3 is 10.1 Å². The summed E-state index contributed by atoms with van der Waals surface area (Å²) < 4.78 is 46.1. The lowest BCUT2D eigenvalue weighted by molar-refractivity contribution is -0.137. The number of halogens is 3.